The molecule has 0 fully saturated rings. The van der Waals surface area contributed by atoms with E-state index >= 15 is 0 Å². The van der Waals surface area contributed by atoms with Gasteiger partial charge in [0.25, 0.3) is 0 Å². The summed E-state index contributed by atoms with van der Waals surface area (Å²) in [5.41, 5.74) is 3.39. The van der Waals surface area contributed by atoms with Crippen molar-refractivity contribution >= 4 is 5.69 Å². The van der Waals surface area contributed by atoms with Crippen molar-refractivity contribution in [2.75, 3.05) is 5.32 Å². The number of rotatable bonds is 3. The van der Waals surface area contributed by atoms with Gasteiger partial charge in [-0.1, -0.05) is 24.3 Å². The molecule has 0 spiro atoms. The number of hydrogen-bond acceptors (Lipinski definition) is 1. The molecule has 0 saturated carbocycles. The zero-order valence-electron chi connectivity index (χ0n) is 12.1. The van der Waals surface area contributed by atoms with Gasteiger partial charge in [-0.05, 0) is 61.4 Å². The quantitative estimate of drug-likeness (QED) is 0.848. The van der Waals surface area contributed by atoms with Crippen LogP contribution in [0.25, 0.3) is 0 Å². The highest BCUT2D eigenvalue weighted by molar-refractivity contribution is 5.55. The van der Waals surface area contributed by atoms with Gasteiger partial charge in [-0.15, -0.1) is 0 Å². The second-order valence-corrected chi connectivity index (χ2v) is 5.85. The molecular weight excluding hydrogens is 268 g/mol. The normalized spacial score (nSPS) is 20.7. The first kappa shape index (κ1) is 14.1. The summed E-state index contributed by atoms with van der Waals surface area (Å²) in [5, 5.41) is 3.49. The lowest BCUT2D eigenvalue weighted by Crippen LogP contribution is -2.25. The van der Waals surface area contributed by atoms with Crippen molar-refractivity contribution in [2.24, 2.45) is 0 Å². The van der Waals surface area contributed by atoms with Gasteiger partial charge in [0, 0.05) is 11.7 Å². The fraction of sp³-hybridized carbons (Fsp3) is 0.333. The summed E-state index contributed by atoms with van der Waals surface area (Å²) in [4.78, 5) is 0. The number of halogens is 2. The maximum absolute atomic E-state index is 13.3. The van der Waals surface area contributed by atoms with Crippen LogP contribution in [0.5, 0.6) is 0 Å². The smallest absolute Gasteiger partial charge is 0.159 e. The Hall–Kier alpha value is -1.90. The predicted molar refractivity (Wildman–Crippen MR) is 81.6 cm³/mol. The van der Waals surface area contributed by atoms with Gasteiger partial charge in [0.2, 0.25) is 0 Å². The lowest BCUT2D eigenvalue weighted by molar-refractivity contribution is 0.502. The summed E-state index contributed by atoms with van der Waals surface area (Å²) in [6.45, 7) is 2.18. The average molecular weight is 287 g/mol. The standard InChI is InChI=1S/C18H19F2N/c1-12-10-14(15-4-2-3-5-18(15)21-12)8-6-13-7-9-16(19)17(20)11-13/h2-5,7,9,11-12,14,21H,6,8,10H2,1H3. The number of para-hydroxylation sites is 1. The van der Waals surface area contributed by atoms with Crippen LogP contribution in [-0.4, -0.2) is 6.04 Å². The lowest BCUT2D eigenvalue weighted by atomic mass is 9.83. The van der Waals surface area contributed by atoms with E-state index in [0.717, 1.165) is 24.8 Å². The highest BCUT2D eigenvalue weighted by Crippen LogP contribution is 2.36. The molecule has 1 nitrogen and oxygen atoms in total. The van der Waals surface area contributed by atoms with Crippen molar-refractivity contribution in [2.45, 2.75) is 38.1 Å². The number of hydrogen-bond donors (Lipinski definition) is 1. The third-order valence-corrected chi connectivity index (χ3v) is 4.21. The Bertz CT molecular complexity index is 639. The third-order valence-electron chi connectivity index (χ3n) is 4.21. The zero-order chi connectivity index (χ0) is 14.8. The van der Waals surface area contributed by atoms with Gasteiger partial charge in [-0.2, -0.15) is 0 Å². The lowest BCUT2D eigenvalue weighted by Gasteiger charge is -2.31. The highest BCUT2D eigenvalue weighted by atomic mass is 19.2. The van der Waals surface area contributed by atoms with E-state index < -0.39 is 11.6 Å². The maximum atomic E-state index is 13.3. The van der Waals surface area contributed by atoms with Crippen LogP contribution >= 0.6 is 0 Å². The Kier molecular flexibility index (Phi) is 3.91. The van der Waals surface area contributed by atoms with E-state index in [-0.39, 0.29) is 0 Å². The molecule has 0 aromatic heterocycles. The van der Waals surface area contributed by atoms with Crippen LogP contribution in [0.15, 0.2) is 42.5 Å². The molecule has 2 atom stereocenters. The van der Waals surface area contributed by atoms with E-state index in [1.165, 1.54) is 23.4 Å². The van der Waals surface area contributed by atoms with Crippen molar-refractivity contribution in [1.82, 2.24) is 0 Å². The molecule has 0 bridgehead atoms. The molecule has 0 radical (unpaired) electrons. The molecule has 1 heterocycles. The van der Waals surface area contributed by atoms with Crippen LogP contribution in [0.1, 0.15) is 36.8 Å². The average Bonchev–Trinajstić information content (AvgIpc) is 2.48. The van der Waals surface area contributed by atoms with Gasteiger partial charge in [0.15, 0.2) is 11.6 Å². The summed E-state index contributed by atoms with van der Waals surface area (Å²) in [7, 11) is 0. The van der Waals surface area contributed by atoms with E-state index in [4.69, 9.17) is 0 Å². The van der Waals surface area contributed by atoms with Crippen LogP contribution in [0.4, 0.5) is 14.5 Å². The molecule has 3 rings (SSSR count). The molecule has 1 aliphatic rings. The Labute approximate surface area is 124 Å². The van der Waals surface area contributed by atoms with Gasteiger partial charge in [-0.3, -0.25) is 0 Å². The van der Waals surface area contributed by atoms with Crippen LogP contribution in [0.2, 0.25) is 0 Å². The minimum atomic E-state index is -0.778. The summed E-state index contributed by atoms with van der Waals surface area (Å²) >= 11 is 0. The second kappa shape index (κ2) is 5.84. The molecule has 1 N–H and O–H groups in total. The molecule has 110 valence electrons. The first-order valence-corrected chi connectivity index (χ1v) is 7.43. The SMILES string of the molecule is CC1CC(CCc2ccc(F)c(F)c2)c2ccccc2N1. The van der Waals surface area contributed by atoms with Crippen LogP contribution < -0.4 is 5.32 Å². The number of nitrogens with one attached hydrogen (secondary N) is 1. The molecule has 2 aromatic carbocycles. The van der Waals surface area contributed by atoms with Gasteiger partial charge in [0.05, 0.1) is 0 Å². The Morgan fingerprint density at radius 3 is 2.71 bits per heavy atom. The van der Waals surface area contributed by atoms with Crippen molar-refractivity contribution in [3.8, 4) is 0 Å². The summed E-state index contributed by atoms with van der Waals surface area (Å²) < 4.78 is 26.2. The molecule has 3 heteroatoms. The van der Waals surface area contributed by atoms with Gasteiger partial charge >= 0.3 is 0 Å². The van der Waals surface area contributed by atoms with Gasteiger partial charge < -0.3 is 5.32 Å². The molecule has 2 aromatic rings. The van der Waals surface area contributed by atoms with E-state index in [1.807, 2.05) is 6.07 Å². The minimum absolute atomic E-state index is 0.440. The molecule has 21 heavy (non-hydrogen) atoms. The third kappa shape index (κ3) is 3.07. The first-order valence-electron chi connectivity index (χ1n) is 7.43. The van der Waals surface area contributed by atoms with E-state index in [1.54, 1.807) is 6.07 Å². The van der Waals surface area contributed by atoms with Crippen molar-refractivity contribution in [3.63, 3.8) is 0 Å². The Morgan fingerprint density at radius 2 is 1.90 bits per heavy atom. The molecule has 0 amide bonds. The van der Waals surface area contributed by atoms with Crippen LogP contribution in [0.3, 0.4) is 0 Å². The summed E-state index contributed by atoms with van der Waals surface area (Å²) in [6, 6.07) is 13.0. The van der Waals surface area contributed by atoms with E-state index in [2.05, 4.69) is 30.4 Å². The number of fused-ring (bicyclic) bond motifs is 1. The first-order chi connectivity index (χ1) is 10.1. The predicted octanol–water partition coefficient (Wildman–Crippen LogP) is 4.89. The van der Waals surface area contributed by atoms with Crippen LogP contribution in [-0.2, 0) is 6.42 Å². The van der Waals surface area contributed by atoms with Crippen molar-refractivity contribution in [3.05, 3.63) is 65.2 Å². The summed E-state index contributed by atoms with van der Waals surface area (Å²) in [5.74, 6) is -1.07. The highest BCUT2D eigenvalue weighted by Gasteiger charge is 2.23. The van der Waals surface area contributed by atoms with Crippen molar-refractivity contribution in [1.29, 1.82) is 0 Å². The number of anilines is 1. The second-order valence-electron chi connectivity index (χ2n) is 5.85. The van der Waals surface area contributed by atoms with E-state index in [0.29, 0.717) is 12.0 Å². The fourth-order valence-electron chi connectivity index (χ4n) is 3.17. The largest absolute Gasteiger partial charge is 0.382 e. The Morgan fingerprint density at radius 1 is 1.10 bits per heavy atom. The molecule has 0 saturated heterocycles. The van der Waals surface area contributed by atoms with Gasteiger partial charge in [-0.25, -0.2) is 8.78 Å². The summed E-state index contributed by atoms with van der Waals surface area (Å²) in [6.07, 6.45) is 2.79. The monoisotopic (exact) mass is 287 g/mol. The van der Waals surface area contributed by atoms with Gasteiger partial charge in [0.1, 0.15) is 0 Å². The van der Waals surface area contributed by atoms with Crippen molar-refractivity contribution < 1.29 is 8.78 Å². The molecule has 2 unspecified atom stereocenters. The Balaban J connectivity index is 1.74. The molecule has 0 aliphatic carbocycles. The molecule has 1 aliphatic heterocycles. The van der Waals surface area contributed by atoms with Crippen LogP contribution in [0, 0.1) is 11.6 Å². The maximum Gasteiger partial charge on any atom is 0.159 e. The molecular formula is C18H19F2N. The number of benzene rings is 2. The zero-order valence-corrected chi connectivity index (χ0v) is 12.1. The minimum Gasteiger partial charge on any atom is -0.382 e. The number of aryl methyl sites for hydroxylation is 1. The fourth-order valence-corrected chi connectivity index (χ4v) is 3.17. The van der Waals surface area contributed by atoms with E-state index in [9.17, 15) is 8.78 Å². The topological polar surface area (TPSA) is 12.0 Å².